The Kier molecular flexibility index (Phi) is 6.80. The Balaban J connectivity index is 1.96. The van der Waals surface area contributed by atoms with Crippen molar-refractivity contribution < 1.29 is 22.7 Å². The van der Waals surface area contributed by atoms with Crippen LogP contribution in [0, 0.1) is 0 Å². The number of nitrogens with two attached hydrogens (primary N) is 1. The molecule has 2 rings (SSSR count). The predicted molar refractivity (Wildman–Crippen MR) is 101 cm³/mol. The van der Waals surface area contributed by atoms with Crippen LogP contribution in [0.4, 0.5) is 0 Å². The highest BCUT2D eigenvalue weighted by molar-refractivity contribution is 7.89. The molecule has 4 N–H and O–H groups in total. The van der Waals surface area contributed by atoms with Gasteiger partial charge in [0.2, 0.25) is 0 Å². The molecular weight excluding hydrogens is 370 g/mol. The van der Waals surface area contributed by atoms with E-state index in [1.807, 2.05) is 6.92 Å². The van der Waals surface area contributed by atoms with E-state index >= 15 is 0 Å². The fraction of sp³-hybridized carbons (Fsp3) is 0.167. The van der Waals surface area contributed by atoms with Gasteiger partial charge >= 0.3 is 0 Å². The summed E-state index contributed by atoms with van der Waals surface area (Å²) in [4.78, 5) is 13.0. The van der Waals surface area contributed by atoms with Crippen molar-refractivity contribution >= 4 is 21.6 Å². The Morgan fingerprint density at radius 2 is 1.59 bits per heavy atom. The Morgan fingerprint density at radius 1 is 1.04 bits per heavy atom. The maximum atomic E-state index is 12.3. The fourth-order valence-corrected chi connectivity index (χ4v) is 2.92. The molecule has 8 nitrogen and oxygen atoms in total. The van der Waals surface area contributed by atoms with Gasteiger partial charge in [-0.05, 0) is 61.0 Å². The third kappa shape index (κ3) is 6.01. The van der Waals surface area contributed by atoms with Crippen molar-refractivity contribution in [3.63, 3.8) is 0 Å². The second-order valence-corrected chi connectivity index (χ2v) is 7.08. The number of hydrogen-bond acceptors (Lipinski definition) is 6. The Hall–Kier alpha value is -3.04. The summed E-state index contributed by atoms with van der Waals surface area (Å²) in [5.41, 5.74) is 8.55. The van der Waals surface area contributed by atoms with Crippen LogP contribution in [0.5, 0.6) is 11.5 Å². The number of nitrogens with one attached hydrogen (secondary N) is 2. The number of amides is 1. The summed E-state index contributed by atoms with van der Waals surface area (Å²) in [6.45, 7) is 5.91. The monoisotopic (exact) mass is 391 g/mol. The topological polar surface area (TPSA) is 120 Å². The van der Waals surface area contributed by atoms with Gasteiger partial charge in [-0.15, -0.1) is 4.83 Å². The van der Waals surface area contributed by atoms with E-state index in [2.05, 4.69) is 16.8 Å². The fourth-order valence-electron chi connectivity index (χ4n) is 2.05. The lowest BCUT2D eigenvalue weighted by molar-refractivity contribution is -0.119. The van der Waals surface area contributed by atoms with Crippen LogP contribution in [0.1, 0.15) is 12.5 Å². The molecule has 0 spiro atoms. The van der Waals surface area contributed by atoms with E-state index in [4.69, 9.17) is 15.2 Å². The van der Waals surface area contributed by atoms with Crippen molar-refractivity contribution in [3.8, 4) is 11.5 Å². The van der Waals surface area contributed by atoms with E-state index in [1.165, 1.54) is 12.1 Å². The van der Waals surface area contributed by atoms with E-state index in [9.17, 15) is 13.2 Å². The lowest BCUT2D eigenvalue weighted by Crippen LogP contribution is -2.35. The van der Waals surface area contributed by atoms with Gasteiger partial charge in [0.05, 0.1) is 11.5 Å². The Bertz CT molecular complexity index is 894. The maximum absolute atomic E-state index is 12.3. The Morgan fingerprint density at radius 3 is 2.15 bits per heavy atom. The number of hydrazine groups is 1. The van der Waals surface area contributed by atoms with Crippen LogP contribution in [0.15, 0.2) is 60.0 Å². The summed E-state index contributed by atoms with van der Waals surface area (Å²) in [6.07, 6.45) is 0. The number of benzene rings is 2. The molecule has 0 unspecified atom stereocenters. The molecule has 2 aromatic carbocycles. The van der Waals surface area contributed by atoms with E-state index < -0.39 is 15.9 Å². The average molecular weight is 391 g/mol. The van der Waals surface area contributed by atoms with Crippen LogP contribution in [-0.2, 0) is 14.8 Å². The number of rotatable bonds is 10. The van der Waals surface area contributed by atoms with Gasteiger partial charge in [0.15, 0.2) is 6.61 Å². The van der Waals surface area contributed by atoms with Gasteiger partial charge < -0.3 is 20.6 Å². The standard InChI is InChI=1S/C18H21N3O5S/c1-3-25-15-8-10-17(11-9-15)27(23,24)21-20-13(2)14-4-6-16(7-5-14)26-12-18(19)22/h4-11,20-21H,2-3,12H2,1H3,(H2,19,22). The highest BCUT2D eigenvalue weighted by Crippen LogP contribution is 2.17. The molecule has 0 saturated heterocycles. The summed E-state index contributed by atoms with van der Waals surface area (Å²) in [7, 11) is -3.77. The zero-order chi connectivity index (χ0) is 19.9. The van der Waals surface area contributed by atoms with Gasteiger partial charge in [-0.3, -0.25) is 4.79 Å². The van der Waals surface area contributed by atoms with Crippen LogP contribution >= 0.6 is 0 Å². The van der Waals surface area contributed by atoms with Crippen LogP contribution in [-0.4, -0.2) is 27.5 Å². The molecule has 9 heteroatoms. The van der Waals surface area contributed by atoms with E-state index in [0.29, 0.717) is 29.4 Å². The smallest absolute Gasteiger partial charge is 0.257 e. The Labute approximate surface area is 158 Å². The van der Waals surface area contributed by atoms with Crippen molar-refractivity contribution in [2.45, 2.75) is 11.8 Å². The molecule has 27 heavy (non-hydrogen) atoms. The highest BCUT2D eigenvalue weighted by Gasteiger charge is 2.14. The number of sulfonamides is 1. The molecule has 1 amide bonds. The first-order chi connectivity index (χ1) is 12.8. The molecule has 0 heterocycles. The first kappa shape index (κ1) is 20.3. The quantitative estimate of drug-likeness (QED) is 0.527. The number of primary amides is 1. The minimum Gasteiger partial charge on any atom is -0.494 e. The highest BCUT2D eigenvalue weighted by atomic mass is 32.2. The SMILES string of the molecule is C=C(NNS(=O)(=O)c1ccc(OCC)cc1)c1ccc(OCC(N)=O)cc1. The molecule has 0 bridgehead atoms. The molecule has 2 aromatic rings. The summed E-state index contributed by atoms with van der Waals surface area (Å²) < 4.78 is 35.1. The van der Waals surface area contributed by atoms with Gasteiger partial charge in [0.25, 0.3) is 15.9 Å². The van der Waals surface area contributed by atoms with Gasteiger partial charge in [0.1, 0.15) is 11.5 Å². The molecule has 0 aliphatic carbocycles. The molecular formula is C18H21N3O5S. The van der Waals surface area contributed by atoms with Crippen molar-refractivity contribution in [3.05, 3.63) is 60.7 Å². The van der Waals surface area contributed by atoms with Crippen molar-refractivity contribution in [2.24, 2.45) is 5.73 Å². The number of ether oxygens (including phenoxy) is 2. The predicted octanol–water partition coefficient (Wildman–Crippen LogP) is 1.40. The molecule has 0 atom stereocenters. The normalized spacial score (nSPS) is 10.9. The van der Waals surface area contributed by atoms with Crippen LogP contribution in [0.3, 0.4) is 0 Å². The third-order valence-electron chi connectivity index (χ3n) is 3.37. The number of hydrogen-bond donors (Lipinski definition) is 3. The van der Waals surface area contributed by atoms with Crippen LogP contribution in [0.2, 0.25) is 0 Å². The van der Waals surface area contributed by atoms with E-state index in [1.54, 1.807) is 36.4 Å². The molecule has 0 aromatic heterocycles. The van der Waals surface area contributed by atoms with Crippen LogP contribution < -0.4 is 25.5 Å². The first-order valence-corrected chi connectivity index (χ1v) is 9.51. The first-order valence-electron chi connectivity index (χ1n) is 8.03. The number of carbonyl (C=O) groups excluding carboxylic acids is 1. The van der Waals surface area contributed by atoms with E-state index in [-0.39, 0.29) is 11.5 Å². The van der Waals surface area contributed by atoms with Crippen LogP contribution in [0.25, 0.3) is 5.70 Å². The summed E-state index contributed by atoms with van der Waals surface area (Å²) >= 11 is 0. The lowest BCUT2D eigenvalue weighted by atomic mass is 10.2. The molecule has 144 valence electrons. The largest absolute Gasteiger partial charge is 0.494 e. The zero-order valence-electron chi connectivity index (χ0n) is 14.8. The zero-order valence-corrected chi connectivity index (χ0v) is 15.6. The van der Waals surface area contributed by atoms with Crippen molar-refractivity contribution in [1.82, 2.24) is 10.3 Å². The third-order valence-corrected chi connectivity index (χ3v) is 4.63. The van der Waals surface area contributed by atoms with Crippen molar-refractivity contribution in [2.75, 3.05) is 13.2 Å². The molecule has 0 fully saturated rings. The minimum atomic E-state index is -3.77. The maximum Gasteiger partial charge on any atom is 0.257 e. The second-order valence-electron chi connectivity index (χ2n) is 5.39. The molecule has 0 aliphatic heterocycles. The van der Waals surface area contributed by atoms with Gasteiger partial charge in [-0.25, -0.2) is 8.42 Å². The van der Waals surface area contributed by atoms with Gasteiger partial charge in [-0.2, -0.15) is 0 Å². The molecule has 0 radical (unpaired) electrons. The lowest BCUT2D eigenvalue weighted by Gasteiger charge is -2.13. The van der Waals surface area contributed by atoms with Gasteiger partial charge in [-0.1, -0.05) is 6.58 Å². The van der Waals surface area contributed by atoms with E-state index in [0.717, 1.165) is 0 Å². The summed E-state index contributed by atoms with van der Waals surface area (Å²) in [6, 6.07) is 12.6. The van der Waals surface area contributed by atoms with Crippen molar-refractivity contribution in [1.29, 1.82) is 0 Å². The van der Waals surface area contributed by atoms with Gasteiger partial charge in [0, 0.05) is 5.70 Å². The molecule has 0 saturated carbocycles. The number of carbonyl (C=O) groups is 1. The summed E-state index contributed by atoms with van der Waals surface area (Å²) in [5.74, 6) is 0.474. The minimum absolute atomic E-state index is 0.0847. The summed E-state index contributed by atoms with van der Waals surface area (Å²) in [5, 5.41) is 0. The average Bonchev–Trinajstić information content (AvgIpc) is 2.65. The second kappa shape index (κ2) is 9.06. The molecule has 0 aliphatic rings.